The molecule has 1 heterocycles. The number of aliphatic hydroxyl groups excluding tert-OH is 1. The first-order chi connectivity index (χ1) is 17.9. The van der Waals surface area contributed by atoms with Crippen molar-refractivity contribution in [3.8, 4) is 17.0 Å². The van der Waals surface area contributed by atoms with Crippen LogP contribution in [0.15, 0.2) is 66.7 Å². The minimum absolute atomic E-state index is 0.00773. The summed E-state index contributed by atoms with van der Waals surface area (Å²) >= 11 is 0. The summed E-state index contributed by atoms with van der Waals surface area (Å²) in [6, 6.07) is 15.0. The van der Waals surface area contributed by atoms with Crippen LogP contribution >= 0.6 is 0 Å². The molecule has 202 valence electrons. The van der Waals surface area contributed by atoms with E-state index >= 15 is 0 Å². The molecule has 3 N–H and O–H groups in total. The van der Waals surface area contributed by atoms with E-state index in [9.17, 15) is 23.5 Å². The molecule has 1 aromatic heterocycles. The number of benzene rings is 2. The lowest BCUT2D eigenvalue weighted by atomic mass is 9.96. The van der Waals surface area contributed by atoms with Crippen molar-refractivity contribution >= 4 is 11.9 Å². The average Bonchev–Trinajstić information content (AvgIpc) is 3.29. The fourth-order valence-corrected chi connectivity index (χ4v) is 3.78. The predicted octanol–water partition coefficient (Wildman–Crippen LogP) is 4.83. The van der Waals surface area contributed by atoms with Crippen LogP contribution < -0.4 is 10.1 Å². The van der Waals surface area contributed by atoms with Gasteiger partial charge in [-0.05, 0) is 54.4 Å². The van der Waals surface area contributed by atoms with Crippen LogP contribution in [-0.2, 0) is 11.3 Å². The normalized spacial score (nSPS) is 13.0. The topological polar surface area (TPSA) is 114 Å². The van der Waals surface area contributed by atoms with E-state index in [2.05, 4.69) is 16.6 Å². The number of alkyl halides is 2. The van der Waals surface area contributed by atoms with Gasteiger partial charge in [0.15, 0.2) is 6.10 Å². The molecule has 2 aromatic carbocycles. The largest absolute Gasteiger partial charge is 0.479 e. The lowest BCUT2D eigenvalue weighted by molar-refractivity contribution is -0.159. The van der Waals surface area contributed by atoms with Crippen molar-refractivity contribution in [2.24, 2.45) is 0 Å². The van der Waals surface area contributed by atoms with Crippen molar-refractivity contribution < 1.29 is 33.3 Å². The number of rotatable bonds is 12. The number of carbonyl (C=O) groups is 2. The van der Waals surface area contributed by atoms with Gasteiger partial charge in [0.1, 0.15) is 5.75 Å². The molecule has 0 saturated carbocycles. The van der Waals surface area contributed by atoms with Gasteiger partial charge >= 0.3 is 12.1 Å². The van der Waals surface area contributed by atoms with Gasteiger partial charge in [-0.2, -0.15) is 13.9 Å². The predicted molar refractivity (Wildman–Crippen MR) is 138 cm³/mol. The fourth-order valence-electron chi connectivity index (χ4n) is 3.78. The molecule has 0 radical (unpaired) electrons. The number of aromatic nitrogens is 2. The summed E-state index contributed by atoms with van der Waals surface area (Å²) in [6.07, 6.45) is -4.16. The lowest BCUT2D eigenvalue weighted by Gasteiger charge is -2.16. The number of halogens is 2. The van der Waals surface area contributed by atoms with Crippen LogP contribution in [0.2, 0.25) is 0 Å². The van der Waals surface area contributed by atoms with E-state index in [0.29, 0.717) is 24.7 Å². The number of ether oxygens (including phenoxy) is 1. The number of nitrogens with zero attached hydrogens (tertiary/aromatic N) is 2. The molecule has 2 unspecified atom stereocenters. The smallest absolute Gasteiger partial charge is 0.394 e. The zero-order valence-electron chi connectivity index (χ0n) is 21.4. The van der Waals surface area contributed by atoms with Gasteiger partial charge in [0, 0.05) is 29.7 Å². The number of aliphatic carboxylic acids is 1. The summed E-state index contributed by atoms with van der Waals surface area (Å²) in [5, 5.41) is 25.2. The molecule has 0 bridgehead atoms. The zero-order valence-corrected chi connectivity index (χ0v) is 21.4. The van der Waals surface area contributed by atoms with E-state index in [1.807, 2.05) is 24.6 Å². The highest BCUT2D eigenvalue weighted by Crippen LogP contribution is 2.31. The highest BCUT2D eigenvalue weighted by Gasteiger charge is 2.23. The monoisotopic (exact) mass is 527 g/mol. The maximum atomic E-state index is 13.2. The van der Waals surface area contributed by atoms with Crippen molar-refractivity contribution in [3.63, 3.8) is 0 Å². The molecule has 8 nitrogen and oxygen atoms in total. The van der Waals surface area contributed by atoms with Gasteiger partial charge in [0.25, 0.3) is 5.91 Å². The molecular formula is C28H31F2N3O5. The second-order valence-electron chi connectivity index (χ2n) is 9.04. The molecule has 2 atom stereocenters. The van der Waals surface area contributed by atoms with E-state index in [-0.39, 0.29) is 11.7 Å². The van der Waals surface area contributed by atoms with Crippen LogP contribution in [0.25, 0.3) is 11.3 Å². The minimum Gasteiger partial charge on any atom is -0.479 e. The molecule has 0 saturated heterocycles. The van der Waals surface area contributed by atoms with Crippen LogP contribution in [0.5, 0.6) is 5.75 Å². The maximum Gasteiger partial charge on any atom is 0.394 e. The summed E-state index contributed by atoms with van der Waals surface area (Å²) < 4.78 is 32.8. The Balaban J connectivity index is 1.82. The molecule has 38 heavy (non-hydrogen) atoms. The van der Waals surface area contributed by atoms with Gasteiger partial charge in [-0.1, -0.05) is 38.1 Å². The molecule has 3 rings (SSSR count). The number of allylic oxidation sites excluding steroid dienone is 1. The van der Waals surface area contributed by atoms with Gasteiger partial charge in [-0.25, -0.2) is 4.79 Å². The first kappa shape index (κ1) is 28.5. The molecule has 3 aromatic rings. The van der Waals surface area contributed by atoms with Crippen molar-refractivity contribution in [1.82, 2.24) is 15.1 Å². The Labute approximate surface area is 219 Å². The quantitative estimate of drug-likeness (QED) is 0.291. The third-order valence-electron chi connectivity index (χ3n) is 6.06. The number of hydrogen-bond donors (Lipinski definition) is 3. The van der Waals surface area contributed by atoms with Gasteiger partial charge < -0.3 is 20.3 Å². The van der Waals surface area contributed by atoms with E-state index in [0.717, 1.165) is 28.8 Å². The molecule has 0 aliphatic heterocycles. The van der Waals surface area contributed by atoms with Crippen LogP contribution in [-0.4, -0.2) is 50.6 Å². The zero-order chi connectivity index (χ0) is 28.0. The number of amides is 1. The standard InChI is InChI=1S/C28H31F2N3O5/c1-5-17(2)18(3)24-14-23(20-10-12-22(13-11-20)38-28(4,29)30)32-33(24)16-19-6-8-21(9-7-19)26(35)31-15-25(34)27(36)37/h6-14,18,25,34H,2,5,15-16H2,1,3-4H3,(H,31,35)(H,36,37). The molecule has 0 fully saturated rings. The number of carboxylic acid groups (broad SMARTS) is 1. The summed E-state index contributed by atoms with van der Waals surface area (Å²) in [5.41, 5.74) is 4.55. The average molecular weight is 528 g/mol. The second kappa shape index (κ2) is 12.0. The van der Waals surface area contributed by atoms with Crippen LogP contribution in [0.4, 0.5) is 8.78 Å². The number of hydrogen-bond acceptors (Lipinski definition) is 5. The Morgan fingerprint density at radius 2 is 1.79 bits per heavy atom. The molecular weight excluding hydrogens is 496 g/mol. The van der Waals surface area contributed by atoms with Crippen LogP contribution in [0, 0.1) is 0 Å². The maximum absolute atomic E-state index is 13.2. The van der Waals surface area contributed by atoms with Gasteiger partial charge in [0.2, 0.25) is 0 Å². The molecule has 0 aliphatic rings. The van der Waals surface area contributed by atoms with Gasteiger partial charge in [0.05, 0.1) is 18.8 Å². The summed E-state index contributed by atoms with van der Waals surface area (Å²) in [7, 11) is 0. The Bertz CT molecular complexity index is 1280. The first-order valence-corrected chi connectivity index (χ1v) is 12.1. The van der Waals surface area contributed by atoms with E-state index in [1.165, 1.54) is 12.1 Å². The van der Waals surface area contributed by atoms with Crippen molar-refractivity contribution in [2.45, 2.75) is 51.9 Å². The Hall–Kier alpha value is -4.05. The molecule has 0 spiro atoms. The number of nitrogens with one attached hydrogen (secondary N) is 1. The number of carboxylic acids is 1. The number of carbonyl (C=O) groups excluding carboxylic acids is 1. The first-order valence-electron chi connectivity index (χ1n) is 12.1. The Kier molecular flexibility index (Phi) is 9.00. The SMILES string of the molecule is C=C(CC)C(C)c1cc(-c2ccc(OC(C)(F)F)cc2)nn1Cc1ccc(C(=O)NCC(O)C(=O)O)cc1. The highest BCUT2D eigenvalue weighted by molar-refractivity contribution is 5.94. The van der Waals surface area contributed by atoms with Gasteiger partial charge in [-0.3, -0.25) is 9.48 Å². The Morgan fingerprint density at radius 1 is 1.16 bits per heavy atom. The summed E-state index contributed by atoms with van der Waals surface area (Å²) in [5.74, 6) is -1.86. The third kappa shape index (κ3) is 7.48. The minimum atomic E-state index is -3.28. The summed E-state index contributed by atoms with van der Waals surface area (Å²) in [6.45, 7) is 8.93. The van der Waals surface area contributed by atoms with Crippen molar-refractivity contribution in [3.05, 3.63) is 83.6 Å². The highest BCUT2D eigenvalue weighted by atomic mass is 19.3. The molecule has 1 amide bonds. The lowest BCUT2D eigenvalue weighted by Crippen LogP contribution is -2.36. The van der Waals surface area contributed by atoms with Gasteiger partial charge in [-0.15, -0.1) is 0 Å². The van der Waals surface area contributed by atoms with E-state index < -0.39 is 30.6 Å². The second-order valence-corrected chi connectivity index (χ2v) is 9.04. The molecule has 0 aliphatic carbocycles. The van der Waals surface area contributed by atoms with Crippen LogP contribution in [0.3, 0.4) is 0 Å². The molecule has 10 heteroatoms. The number of aliphatic hydroxyl groups is 1. The Morgan fingerprint density at radius 3 is 2.34 bits per heavy atom. The van der Waals surface area contributed by atoms with Crippen LogP contribution in [0.1, 0.15) is 54.7 Å². The summed E-state index contributed by atoms with van der Waals surface area (Å²) in [4.78, 5) is 23.0. The third-order valence-corrected chi connectivity index (χ3v) is 6.06. The van der Waals surface area contributed by atoms with E-state index in [1.54, 1.807) is 36.4 Å². The fraction of sp³-hybridized carbons (Fsp3) is 0.321. The van der Waals surface area contributed by atoms with Crippen molar-refractivity contribution in [2.75, 3.05) is 6.54 Å². The van der Waals surface area contributed by atoms with E-state index in [4.69, 9.17) is 10.2 Å². The van der Waals surface area contributed by atoms with Crippen molar-refractivity contribution in [1.29, 1.82) is 0 Å².